The molecule has 0 atom stereocenters. The van der Waals surface area contributed by atoms with Gasteiger partial charge >= 0.3 is 0 Å². The molecule has 0 saturated heterocycles. The Morgan fingerprint density at radius 2 is 2.33 bits per heavy atom. The van der Waals surface area contributed by atoms with Gasteiger partial charge in [0, 0.05) is 24.1 Å². The molecule has 1 N–H and O–H groups in total. The number of nitrogens with zero attached hydrogens (tertiary/aromatic N) is 4. The van der Waals surface area contributed by atoms with Gasteiger partial charge in [-0.1, -0.05) is 11.4 Å². The average molecular weight is 374 g/mol. The topological polar surface area (TPSA) is 103 Å². The van der Waals surface area contributed by atoms with Crippen molar-refractivity contribution in [3.8, 4) is 0 Å². The van der Waals surface area contributed by atoms with Crippen LogP contribution in [0.5, 0.6) is 0 Å². The van der Waals surface area contributed by atoms with Gasteiger partial charge < -0.3 is 9.88 Å². The van der Waals surface area contributed by atoms with Crippen molar-refractivity contribution < 1.29 is 4.92 Å². The average Bonchev–Trinajstić information content (AvgIpc) is 2.88. The third-order valence-electron chi connectivity index (χ3n) is 2.65. The predicted molar refractivity (Wildman–Crippen MR) is 82.8 cm³/mol. The number of rotatable bonds is 6. The van der Waals surface area contributed by atoms with Gasteiger partial charge in [0.15, 0.2) is 0 Å². The monoisotopic (exact) mass is 373 g/mol. The summed E-state index contributed by atoms with van der Waals surface area (Å²) in [5, 5.41) is 18.8. The number of nitro groups is 1. The molecule has 0 radical (unpaired) electrons. The van der Waals surface area contributed by atoms with Crippen molar-refractivity contribution >= 4 is 38.2 Å². The highest BCUT2D eigenvalue weighted by Gasteiger charge is 2.15. The molecule has 2 heterocycles. The molecule has 0 aliphatic carbocycles. The van der Waals surface area contributed by atoms with Crippen LogP contribution in [0.2, 0.25) is 0 Å². The van der Waals surface area contributed by atoms with Gasteiger partial charge in [-0.2, -0.15) is 0 Å². The Kier molecular flexibility index (Phi) is 5.02. The van der Waals surface area contributed by atoms with Gasteiger partial charge in [0.25, 0.3) is 11.2 Å². The van der Waals surface area contributed by atoms with Crippen LogP contribution in [0.15, 0.2) is 21.5 Å². The Bertz CT molecular complexity index is 714. The molecule has 10 heteroatoms. The molecular formula is C11H12BrN5O3S. The Balaban J connectivity index is 2.33. The molecule has 112 valence electrons. The minimum Gasteiger partial charge on any atom is -0.374 e. The van der Waals surface area contributed by atoms with Crippen LogP contribution in [0, 0.1) is 10.1 Å². The van der Waals surface area contributed by atoms with Crippen molar-refractivity contribution in [3.63, 3.8) is 0 Å². The van der Waals surface area contributed by atoms with Crippen LogP contribution in [0.1, 0.15) is 19.0 Å². The Morgan fingerprint density at radius 1 is 1.57 bits per heavy atom. The van der Waals surface area contributed by atoms with Crippen LogP contribution in [0.25, 0.3) is 0 Å². The lowest BCUT2D eigenvalue weighted by Gasteiger charge is -2.06. The van der Waals surface area contributed by atoms with E-state index in [1.54, 1.807) is 0 Å². The molecule has 0 amide bonds. The number of hydrogen-bond donors (Lipinski definition) is 1. The summed E-state index contributed by atoms with van der Waals surface area (Å²) in [6.07, 6.45) is 2.15. The standard InChI is InChI=1S/C11H12BrN5O3S/c1-2-3-13-10-9(14-15-21-10)6-16-5-7(17(19)20)4-8(12)11(16)18/h4-5,13H,2-3,6H2,1H3. The summed E-state index contributed by atoms with van der Waals surface area (Å²) in [4.78, 5) is 22.3. The zero-order valence-electron chi connectivity index (χ0n) is 11.1. The normalized spacial score (nSPS) is 10.6. The molecule has 0 bridgehead atoms. The summed E-state index contributed by atoms with van der Waals surface area (Å²) < 4.78 is 5.24. The fourth-order valence-electron chi connectivity index (χ4n) is 1.65. The number of hydrogen-bond acceptors (Lipinski definition) is 7. The molecule has 0 aromatic carbocycles. The first kappa shape index (κ1) is 15.6. The van der Waals surface area contributed by atoms with E-state index in [4.69, 9.17) is 0 Å². The van der Waals surface area contributed by atoms with Gasteiger partial charge in [0.1, 0.15) is 10.7 Å². The highest BCUT2D eigenvalue weighted by Crippen LogP contribution is 2.20. The molecule has 0 unspecified atom stereocenters. The van der Waals surface area contributed by atoms with Crippen molar-refractivity contribution in [1.82, 2.24) is 14.2 Å². The van der Waals surface area contributed by atoms with Crippen LogP contribution in [-0.2, 0) is 6.54 Å². The lowest BCUT2D eigenvalue weighted by atomic mass is 10.3. The second-order valence-electron chi connectivity index (χ2n) is 4.21. The van der Waals surface area contributed by atoms with Gasteiger partial charge in [0.05, 0.1) is 22.1 Å². The van der Waals surface area contributed by atoms with Gasteiger partial charge in [-0.05, 0) is 22.4 Å². The molecule has 0 fully saturated rings. The molecule has 2 aromatic rings. The molecule has 8 nitrogen and oxygen atoms in total. The molecule has 0 spiro atoms. The van der Waals surface area contributed by atoms with Gasteiger partial charge in [-0.15, -0.1) is 5.10 Å². The maximum atomic E-state index is 12.0. The van der Waals surface area contributed by atoms with E-state index >= 15 is 0 Å². The van der Waals surface area contributed by atoms with Crippen molar-refractivity contribution in [1.29, 1.82) is 0 Å². The summed E-state index contributed by atoms with van der Waals surface area (Å²) in [5.74, 6) is 0. The third kappa shape index (κ3) is 3.64. The van der Waals surface area contributed by atoms with Crippen LogP contribution in [0.3, 0.4) is 0 Å². The predicted octanol–water partition coefficient (Wildman–Crippen LogP) is 2.24. The van der Waals surface area contributed by atoms with E-state index in [9.17, 15) is 14.9 Å². The smallest absolute Gasteiger partial charge is 0.286 e. The van der Waals surface area contributed by atoms with E-state index < -0.39 is 4.92 Å². The van der Waals surface area contributed by atoms with E-state index in [2.05, 4.69) is 30.8 Å². The number of nitrogens with one attached hydrogen (secondary N) is 1. The first-order valence-electron chi connectivity index (χ1n) is 6.12. The summed E-state index contributed by atoms with van der Waals surface area (Å²) in [5.41, 5.74) is 0.0747. The largest absolute Gasteiger partial charge is 0.374 e. The van der Waals surface area contributed by atoms with Crippen LogP contribution in [-0.4, -0.2) is 25.6 Å². The SMILES string of the molecule is CCCNc1snnc1Cn1cc([N+](=O)[O-])cc(Br)c1=O. The van der Waals surface area contributed by atoms with Crippen LogP contribution >= 0.6 is 27.5 Å². The zero-order chi connectivity index (χ0) is 15.4. The third-order valence-corrected chi connectivity index (χ3v) is 3.94. The molecule has 0 aliphatic heterocycles. The first-order chi connectivity index (χ1) is 10.0. The number of pyridine rings is 1. The van der Waals surface area contributed by atoms with Crippen molar-refractivity contribution in [2.24, 2.45) is 0 Å². The van der Waals surface area contributed by atoms with Crippen LogP contribution < -0.4 is 10.9 Å². The molecule has 0 saturated carbocycles. The van der Waals surface area contributed by atoms with E-state index in [0.29, 0.717) is 5.69 Å². The molecule has 2 rings (SSSR count). The van der Waals surface area contributed by atoms with E-state index in [1.165, 1.54) is 28.4 Å². The highest BCUT2D eigenvalue weighted by atomic mass is 79.9. The fourth-order valence-corrected chi connectivity index (χ4v) is 2.71. The van der Waals surface area contributed by atoms with Gasteiger partial charge in [0.2, 0.25) is 0 Å². The van der Waals surface area contributed by atoms with E-state index in [1.807, 2.05) is 6.92 Å². The summed E-state index contributed by atoms with van der Waals surface area (Å²) >= 11 is 4.24. The molecule has 21 heavy (non-hydrogen) atoms. The quantitative estimate of drug-likeness (QED) is 0.615. The number of halogens is 1. The molecular weight excluding hydrogens is 362 g/mol. The van der Waals surface area contributed by atoms with Gasteiger partial charge in [-0.3, -0.25) is 14.9 Å². The van der Waals surface area contributed by atoms with E-state index in [0.717, 1.165) is 18.0 Å². The van der Waals surface area contributed by atoms with Crippen LogP contribution in [0.4, 0.5) is 10.7 Å². The maximum absolute atomic E-state index is 12.0. The second-order valence-corrected chi connectivity index (χ2v) is 5.82. The molecule has 2 aromatic heterocycles. The highest BCUT2D eigenvalue weighted by molar-refractivity contribution is 9.10. The van der Waals surface area contributed by atoms with Crippen molar-refractivity contribution in [2.45, 2.75) is 19.9 Å². The van der Waals surface area contributed by atoms with Crippen molar-refractivity contribution in [2.75, 3.05) is 11.9 Å². The first-order valence-corrected chi connectivity index (χ1v) is 7.69. The number of aromatic nitrogens is 3. The minimum absolute atomic E-state index is 0.127. The lowest BCUT2D eigenvalue weighted by molar-refractivity contribution is -0.385. The summed E-state index contributed by atoms with van der Waals surface area (Å²) in [6, 6.07) is 1.19. The Morgan fingerprint density at radius 3 is 3.00 bits per heavy atom. The summed E-state index contributed by atoms with van der Waals surface area (Å²) in [6.45, 7) is 2.93. The Hall–Kier alpha value is -1.81. The summed E-state index contributed by atoms with van der Waals surface area (Å²) in [7, 11) is 0. The van der Waals surface area contributed by atoms with E-state index in [-0.39, 0.29) is 22.3 Å². The maximum Gasteiger partial charge on any atom is 0.286 e. The molecule has 0 aliphatic rings. The Labute approximate surface area is 132 Å². The fraction of sp³-hybridized carbons (Fsp3) is 0.364. The second kappa shape index (κ2) is 6.76. The minimum atomic E-state index is -0.545. The zero-order valence-corrected chi connectivity index (χ0v) is 13.5. The van der Waals surface area contributed by atoms with Crippen molar-refractivity contribution in [3.05, 3.63) is 42.9 Å². The lowest BCUT2D eigenvalue weighted by Crippen LogP contribution is -2.22. The number of anilines is 1. The van der Waals surface area contributed by atoms with Gasteiger partial charge in [-0.25, -0.2) is 0 Å².